The Morgan fingerprint density at radius 2 is 1.92 bits per heavy atom. The maximum atomic E-state index is 13.2. The molecule has 1 amide bonds. The van der Waals surface area contributed by atoms with Gasteiger partial charge in [-0.2, -0.15) is 0 Å². The Morgan fingerprint density at radius 1 is 1.12 bits per heavy atom. The fourth-order valence-electron chi connectivity index (χ4n) is 2.54. The van der Waals surface area contributed by atoms with Crippen molar-refractivity contribution >= 4 is 11.6 Å². The number of aryl methyl sites for hydroxylation is 1. The summed E-state index contributed by atoms with van der Waals surface area (Å²) < 4.78 is 18.3. The largest absolute Gasteiger partial charge is 0.504 e. The highest BCUT2D eigenvalue weighted by molar-refractivity contribution is 6.05. The van der Waals surface area contributed by atoms with Crippen LogP contribution < -0.4 is 10.1 Å². The highest BCUT2D eigenvalue weighted by Crippen LogP contribution is 2.31. The van der Waals surface area contributed by atoms with Gasteiger partial charge in [-0.3, -0.25) is 9.78 Å². The van der Waals surface area contributed by atoms with E-state index in [1.165, 1.54) is 37.6 Å². The second-order valence-corrected chi connectivity index (χ2v) is 5.76. The Labute approximate surface area is 150 Å². The van der Waals surface area contributed by atoms with Gasteiger partial charge in [0.25, 0.3) is 5.91 Å². The van der Waals surface area contributed by atoms with Crippen LogP contribution in [0.4, 0.5) is 10.1 Å². The fraction of sp³-hybridized carbons (Fsp3) is 0.100. The van der Waals surface area contributed by atoms with Crippen LogP contribution in [0.5, 0.6) is 11.5 Å². The summed E-state index contributed by atoms with van der Waals surface area (Å²) in [5.41, 5.74) is 2.98. The van der Waals surface area contributed by atoms with E-state index in [1.54, 1.807) is 31.3 Å². The summed E-state index contributed by atoms with van der Waals surface area (Å²) in [4.78, 5) is 16.6. The third kappa shape index (κ3) is 3.64. The van der Waals surface area contributed by atoms with Crippen LogP contribution in [0.2, 0.25) is 0 Å². The second kappa shape index (κ2) is 7.23. The lowest BCUT2D eigenvalue weighted by molar-refractivity contribution is 0.102. The summed E-state index contributed by atoms with van der Waals surface area (Å²) in [5.74, 6) is -0.338. The van der Waals surface area contributed by atoms with Crippen LogP contribution >= 0.6 is 0 Å². The molecule has 0 radical (unpaired) electrons. The molecular formula is C20H17FN2O3. The minimum atomic E-state index is -0.356. The number of hydrogen-bond acceptors (Lipinski definition) is 4. The molecule has 5 nitrogen and oxygen atoms in total. The number of phenolic OH excluding ortho intramolecular Hbond substituents is 1. The van der Waals surface area contributed by atoms with Crippen LogP contribution in [0.15, 0.2) is 54.9 Å². The van der Waals surface area contributed by atoms with Crippen molar-refractivity contribution in [2.24, 2.45) is 0 Å². The van der Waals surface area contributed by atoms with Crippen LogP contribution in [-0.4, -0.2) is 23.1 Å². The van der Waals surface area contributed by atoms with Crippen LogP contribution in [0.25, 0.3) is 11.1 Å². The number of ether oxygens (including phenoxy) is 1. The Balaban J connectivity index is 1.88. The first-order valence-corrected chi connectivity index (χ1v) is 7.88. The summed E-state index contributed by atoms with van der Waals surface area (Å²) in [6, 6.07) is 10.7. The Bertz CT molecular complexity index is 973. The van der Waals surface area contributed by atoms with Gasteiger partial charge in [-0.15, -0.1) is 0 Å². The van der Waals surface area contributed by atoms with E-state index < -0.39 is 0 Å². The molecule has 1 aromatic heterocycles. The van der Waals surface area contributed by atoms with E-state index in [0.29, 0.717) is 28.1 Å². The second-order valence-electron chi connectivity index (χ2n) is 5.76. The molecule has 0 aliphatic carbocycles. The van der Waals surface area contributed by atoms with Crippen molar-refractivity contribution in [3.63, 3.8) is 0 Å². The number of carbonyl (C=O) groups is 1. The van der Waals surface area contributed by atoms with E-state index in [2.05, 4.69) is 10.3 Å². The molecule has 0 saturated heterocycles. The van der Waals surface area contributed by atoms with Gasteiger partial charge in [0.1, 0.15) is 5.82 Å². The fourth-order valence-corrected chi connectivity index (χ4v) is 2.54. The topological polar surface area (TPSA) is 71.5 Å². The molecule has 0 atom stereocenters. The minimum Gasteiger partial charge on any atom is -0.504 e. The number of benzene rings is 2. The molecule has 26 heavy (non-hydrogen) atoms. The van der Waals surface area contributed by atoms with Crippen LogP contribution in [0.1, 0.15) is 15.9 Å². The van der Waals surface area contributed by atoms with Gasteiger partial charge in [-0.1, -0.05) is 6.07 Å². The molecule has 0 aliphatic rings. The summed E-state index contributed by atoms with van der Waals surface area (Å²) in [6.07, 6.45) is 3.07. The molecule has 3 rings (SSSR count). The van der Waals surface area contributed by atoms with Crippen LogP contribution in [0.3, 0.4) is 0 Å². The average molecular weight is 352 g/mol. The molecule has 2 N–H and O–H groups in total. The highest BCUT2D eigenvalue weighted by atomic mass is 19.1. The van der Waals surface area contributed by atoms with Gasteiger partial charge >= 0.3 is 0 Å². The number of methoxy groups -OCH3 is 1. The van der Waals surface area contributed by atoms with Crippen molar-refractivity contribution in [1.82, 2.24) is 4.98 Å². The Kier molecular flexibility index (Phi) is 4.84. The number of halogens is 1. The molecule has 0 bridgehead atoms. The maximum Gasteiger partial charge on any atom is 0.257 e. The predicted molar refractivity (Wildman–Crippen MR) is 97.0 cm³/mol. The average Bonchev–Trinajstić information content (AvgIpc) is 2.64. The number of amides is 1. The van der Waals surface area contributed by atoms with Crippen molar-refractivity contribution < 1.29 is 19.0 Å². The van der Waals surface area contributed by atoms with Gasteiger partial charge < -0.3 is 15.2 Å². The molecule has 0 unspecified atom stereocenters. The van der Waals surface area contributed by atoms with Gasteiger partial charge in [0.15, 0.2) is 11.5 Å². The number of pyridine rings is 1. The van der Waals surface area contributed by atoms with Crippen molar-refractivity contribution in [2.45, 2.75) is 6.92 Å². The van der Waals surface area contributed by atoms with Gasteiger partial charge in [-0.05, 0) is 54.4 Å². The van der Waals surface area contributed by atoms with Gasteiger partial charge in [0.2, 0.25) is 0 Å². The van der Waals surface area contributed by atoms with E-state index >= 15 is 0 Å². The number of nitrogens with zero attached hydrogens (tertiary/aromatic N) is 1. The normalized spacial score (nSPS) is 10.4. The van der Waals surface area contributed by atoms with Crippen molar-refractivity contribution in [2.75, 3.05) is 12.4 Å². The number of nitrogens with one attached hydrogen (secondary N) is 1. The zero-order chi connectivity index (χ0) is 18.7. The molecule has 1 heterocycles. The molecule has 2 aromatic carbocycles. The summed E-state index contributed by atoms with van der Waals surface area (Å²) in [6.45, 7) is 1.72. The molecule has 0 spiro atoms. The molecule has 3 aromatic rings. The first-order valence-electron chi connectivity index (χ1n) is 7.88. The number of hydrogen-bond donors (Lipinski definition) is 2. The zero-order valence-corrected chi connectivity index (χ0v) is 14.3. The zero-order valence-electron chi connectivity index (χ0n) is 14.3. The standard InChI is InChI=1S/C20H17FN2O3/c1-12-7-16(21)4-5-17(12)23-20(25)15-8-14(10-22-11-15)13-3-6-18(24)19(9-13)26-2/h3-11,24H,1-2H3,(H,23,25). The van der Waals surface area contributed by atoms with E-state index in [9.17, 15) is 14.3 Å². The summed E-state index contributed by atoms with van der Waals surface area (Å²) in [5, 5.41) is 12.5. The third-order valence-electron chi connectivity index (χ3n) is 3.95. The number of carbonyl (C=O) groups excluding carboxylic acids is 1. The number of aromatic hydroxyl groups is 1. The Hall–Kier alpha value is -3.41. The molecule has 0 saturated carbocycles. The predicted octanol–water partition coefficient (Wildman–Crippen LogP) is 4.16. The van der Waals surface area contributed by atoms with E-state index in [1.807, 2.05) is 0 Å². The SMILES string of the molecule is COc1cc(-c2cncc(C(=O)Nc3ccc(F)cc3C)c2)ccc1O. The quantitative estimate of drug-likeness (QED) is 0.739. The van der Waals surface area contributed by atoms with E-state index in [0.717, 1.165) is 5.56 Å². The molecule has 6 heteroatoms. The smallest absolute Gasteiger partial charge is 0.257 e. The van der Waals surface area contributed by atoms with E-state index in [4.69, 9.17) is 4.74 Å². The van der Waals surface area contributed by atoms with Crippen molar-refractivity contribution in [3.05, 3.63) is 71.8 Å². The molecule has 0 fully saturated rings. The van der Waals surface area contributed by atoms with Gasteiger partial charge in [-0.25, -0.2) is 4.39 Å². The number of aromatic nitrogens is 1. The lowest BCUT2D eigenvalue weighted by Crippen LogP contribution is -2.13. The molecule has 132 valence electrons. The lowest BCUT2D eigenvalue weighted by Gasteiger charge is -2.10. The van der Waals surface area contributed by atoms with E-state index in [-0.39, 0.29) is 17.5 Å². The number of phenols is 1. The maximum absolute atomic E-state index is 13.2. The minimum absolute atomic E-state index is 0.0323. The Morgan fingerprint density at radius 3 is 2.65 bits per heavy atom. The van der Waals surface area contributed by atoms with Crippen molar-refractivity contribution in [1.29, 1.82) is 0 Å². The van der Waals surface area contributed by atoms with Crippen LogP contribution in [0, 0.1) is 12.7 Å². The summed E-state index contributed by atoms with van der Waals surface area (Å²) >= 11 is 0. The monoisotopic (exact) mass is 352 g/mol. The number of rotatable bonds is 4. The van der Waals surface area contributed by atoms with Crippen LogP contribution in [-0.2, 0) is 0 Å². The van der Waals surface area contributed by atoms with Crippen molar-refractivity contribution in [3.8, 4) is 22.6 Å². The number of anilines is 1. The first-order chi connectivity index (χ1) is 12.5. The highest BCUT2D eigenvalue weighted by Gasteiger charge is 2.11. The third-order valence-corrected chi connectivity index (χ3v) is 3.95. The molecular weight excluding hydrogens is 335 g/mol. The van der Waals surface area contributed by atoms with Gasteiger partial charge in [0.05, 0.1) is 12.7 Å². The molecule has 0 aliphatic heterocycles. The summed E-state index contributed by atoms with van der Waals surface area (Å²) in [7, 11) is 1.46. The van der Waals surface area contributed by atoms with Gasteiger partial charge in [0, 0.05) is 23.6 Å². The lowest BCUT2D eigenvalue weighted by atomic mass is 10.0. The first kappa shape index (κ1) is 17.4.